The molecule has 3 aromatic rings. The molecule has 0 saturated carbocycles. The molecular formula is C31H31NNa2O7. The van der Waals surface area contributed by atoms with Crippen molar-refractivity contribution in [2.75, 3.05) is 13.9 Å². The molecule has 2 aromatic carbocycles. The topological polar surface area (TPSA) is 121 Å². The van der Waals surface area contributed by atoms with E-state index in [2.05, 4.69) is 6.92 Å². The number of ether oxygens (including phenoxy) is 3. The summed E-state index contributed by atoms with van der Waals surface area (Å²) in [6.07, 6.45) is 2.90. The predicted octanol–water partition coefficient (Wildman–Crippen LogP) is -3.26. The number of pyridine rings is 1. The van der Waals surface area contributed by atoms with Crippen LogP contribution in [0.3, 0.4) is 0 Å². The zero-order valence-corrected chi connectivity index (χ0v) is 28.3. The number of aromatic nitrogens is 1. The van der Waals surface area contributed by atoms with Crippen LogP contribution in [-0.4, -0.2) is 30.8 Å². The van der Waals surface area contributed by atoms with E-state index in [1.807, 2.05) is 30.3 Å². The second kappa shape index (κ2) is 14.4. The van der Waals surface area contributed by atoms with Crippen molar-refractivity contribution >= 4 is 11.9 Å². The van der Waals surface area contributed by atoms with Crippen molar-refractivity contribution in [3.8, 4) is 17.2 Å². The number of carboxylic acids is 2. The summed E-state index contributed by atoms with van der Waals surface area (Å²) in [4.78, 5) is 29.6. The molecule has 0 saturated heterocycles. The van der Waals surface area contributed by atoms with Gasteiger partial charge in [-0.1, -0.05) is 38.5 Å². The molecule has 0 N–H and O–H groups in total. The van der Waals surface area contributed by atoms with Crippen molar-refractivity contribution < 1.29 is 93.1 Å². The molecule has 41 heavy (non-hydrogen) atoms. The number of aliphatic carboxylic acids is 2. The normalized spacial score (nSPS) is 19.0. The third-order valence-corrected chi connectivity index (χ3v) is 7.79. The quantitative estimate of drug-likeness (QED) is 0.232. The van der Waals surface area contributed by atoms with Gasteiger partial charge in [-0.2, -0.15) is 0 Å². The second-order valence-corrected chi connectivity index (χ2v) is 10.3. The van der Waals surface area contributed by atoms with Gasteiger partial charge in [-0.15, -0.1) is 0 Å². The Balaban J connectivity index is 0.00000231. The number of unbranched alkanes of at least 4 members (excludes halogenated alkanes) is 1. The van der Waals surface area contributed by atoms with Gasteiger partial charge in [-0.3, -0.25) is 4.98 Å². The first kappa shape index (κ1) is 33.4. The van der Waals surface area contributed by atoms with Crippen molar-refractivity contribution in [2.24, 2.45) is 11.8 Å². The smallest absolute Gasteiger partial charge is 0.550 e. The molecule has 1 aliphatic heterocycles. The Morgan fingerprint density at radius 1 is 1.00 bits per heavy atom. The Kier molecular flexibility index (Phi) is 11.7. The molecule has 0 amide bonds. The van der Waals surface area contributed by atoms with E-state index in [4.69, 9.17) is 19.2 Å². The monoisotopic (exact) mass is 574 g/mol. The molecule has 2 aliphatic rings. The van der Waals surface area contributed by atoms with Crippen LogP contribution in [0.2, 0.25) is 0 Å². The fourth-order valence-corrected chi connectivity index (χ4v) is 5.80. The summed E-state index contributed by atoms with van der Waals surface area (Å²) in [7, 11) is 1.53. The van der Waals surface area contributed by atoms with Gasteiger partial charge < -0.3 is 34.0 Å². The number of carbonyl (C=O) groups excluding carboxylic acids is 2. The number of rotatable bonds is 10. The van der Waals surface area contributed by atoms with E-state index in [0.717, 1.165) is 36.1 Å². The Bertz CT molecular complexity index is 1410. The molecule has 0 fully saturated rings. The van der Waals surface area contributed by atoms with E-state index >= 15 is 0 Å². The van der Waals surface area contributed by atoms with Crippen molar-refractivity contribution in [3.05, 3.63) is 82.2 Å². The number of carbonyl (C=O) groups is 2. The summed E-state index contributed by atoms with van der Waals surface area (Å²) < 4.78 is 16.5. The molecule has 5 rings (SSSR count). The molecule has 4 atom stereocenters. The Hall–Kier alpha value is -2.07. The van der Waals surface area contributed by atoms with E-state index in [1.54, 1.807) is 25.1 Å². The first-order valence-corrected chi connectivity index (χ1v) is 13.3. The van der Waals surface area contributed by atoms with Crippen molar-refractivity contribution in [1.29, 1.82) is 0 Å². The largest absolute Gasteiger partial charge is 1.00 e. The predicted molar refractivity (Wildman–Crippen MR) is 138 cm³/mol. The van der Waals surface area contributed by atoms with Gasteiger partial charge >= 0.3 is 59.1 Å². The number of hydrogen-bond acceptors (Lipinski definition) is 8. The van der Waals surface area contributed by atoms with Gasteiger partial charge in [0.05, 0.1) is 12.8 Å². The van der Waals surface area contributed by atoms with Crippen LogP contribution in [0.1, 0.15) is 72.2 Å². The minimum atomic E-state index is -1.20. The third-order valence-electron chi connectivity index (χ3n) is 7.79. The maximum Gasteiger partial charge on any atom is 1.00 e. The molecular weight excluding hydrogens is 543 g/mol. The van der Waals surface area contributed by atoms with Gasteiger partial charge in [0.15, 0.2) is 11.5 Å². The van der Waals surface area contributed by atoms with Gasteiger partial charge in [-0.25, -0.2) is 0 Å². The van der Waals surface area contributed by atoms with Crippen LogP contribution in [0.5, 0.6) is 17.2 Å². The van der Waals surface area contributed by atoms with E-state index in [1.165, 1.54) is 7.11 Å². The SMILES string of the molecule is CCCCc1ccc2c(n1)[C@@H](c1ccc(O[11CH3])cc1C[C@H](C)C(=O)[O-])[C@H](C(=O)[O-])[C@H]2c1ccc2c(c1)OCO2.[Na+].[Na+]. The summed E-state index contributed by atoms with van der Waals surface area (Å²) in [5, 5.41) is 24.6. The van der Waals surface area contributed by atoms with Crippen LogP contribution in [0.25, 0.3) is 0 Å². The summed E-state index contributed by atoms with van der Waals surface area (Å²) in [6.45, 7) is 3.80. The second-order valence-electron chi connectivity index (χ2n) is 10.3. The van der Waals surface area contributed by atoms with Gasteiger partial charge in [0, 0.05) is 35.4 Å². The van der Waals surface area contributed by atoms with Crippen LogP contribution in [-0.2, 0) is 22.4 Å². The molecule has 2 heterocycles. The molecule has 1 aliphatic carbocycles. The van der Waals surface area contributed by atoms with Crippen molar-refractivity contribution in [2.45, 2.75) is 51.4 Å². The van der Waals surface area contributed by atoms with Gasteiger partial charge in [0.2, 0.25) is 6.79 Å². The minimum Gasteiger partial charge on any atom is -0.550 e. The molecule has 10 heteroatoms. The molecule has 0 spiro atoms. The fraction of sp³-hybridized carbons (Fsp3) is 0.387. The number of fused-ring (bicyclic) bond motifs is 2. The first-order valence-electron chi connectivity index (χ1n) is 13.3. The van der Waals surface area contributed by atoms with Crippen LogP contribution >= 0.6 is 0 Å². The molecule has 8 nitrogen and oxygen atoms in total. The Labute approximate surface area is 284 Å². The van der Waals surface area contributed by atoms with Gasteiger partial charge in [-0.05, 0) is 77.8 Å². The summed E-state index contributed by atoms with van der Waals surface area (Å²) >= 11 is 0. The van der Waals surface area contributed by atoms with Gasteiger partial charge in [0.25, 0.3) is 0 Å². The zero-order valence-electron chi connectivity index (χ0n) is 24.3. The maximum atomic E-state index is 13.0. The average Bonchev–Trinajstić information content (AvgIpc) is 3.53. The average molecular weight is 575 g/mol. The summed E-state index contributed by atoms with van der Waals surface area (Å²) in [5.74, 6) is -3.63. The van der Waals surface area contributed by atoms with Crippen LogP contribution in [0.4, 0.5) is 0 Å². The molecule has 0 bridgehead atoms. The van der Waals surface area contributed by atoms with Crippen LogP contribution in [0.15, 0.2) is 48.5 Å². The van der Waals surface area contributed by atoms with E-state index in [9.17, 15) is 19.8 Å². The zero-order chi connectivity index (χ0) is 27.7. The number of aryl methyl sites for hydroxylation is 1. The van der Waals surface area contributed by atoms with E-state index in [0.29, 0.717) is 34.1 Å². The van der Waals surface area contributed by atoms with Crippen LogP contribution in [0, 0.1) is 11.8 Å². The molecule has 1 aromatic heterocycles. The number of carboxylic acid groups (broad SMARTS) is 2. The number of hydrogen-bond donors (Lipinski definition) is 0. The Morgan fingerprint density at radius 2 is 1.73 bits per heavy atom. The minimum absolute atomic E-state index is 0. The molecule has 0 radical (unpaired) electrons. The fourth-order valence-electron chi connectivity index (χ4n) is 5.80. The summed E-state index contributed by atoms with van der Waals surface area (Å²) in [6, 6.07) is 14.8. The van der Waals surface area contributed by atoms with Crippen molar-refractivity contribution in [3.63, 3.8) is 0 Å². The standard InChI is InChI=1S/C31H33NO7.2Na/c1-4-5-6-20-8-10-23-26(18-7-12-24-25(15-18)39-16-38-24)28(31(35)36)27(29(23)32-20)22-11-9-21(37-3)14-19(22)13-17(2)30(33)34;;/h7-12,14-15,17,26-28H,4-6,13,16H2,1-3H3,(H,33,34)(H,35,36);;/q;2*+1/p-2/t17-,26-,27-,28+;;/m0../s1/i3-1;;. The van der Waals surface area contributed by atoms with Gasteiger partial charge in [0.1, 0.15) is 5.75 Å². The molecule has 204 valence electrons. The Morgan fingerprint density at radius 3 is 2.41 bits per heavy atom. The van der Waals surface area contributed by atoms with E-state index in [-0.39, 0.29) is 72.3 Å². The third kappa shape index (κ3) is 6.79. The first-order chi connectivity index (χ1) is 18.8. The maximum absolute atomic E-state index is 13.0. The van der Waals surface area contributed by atoms with E-state index < -0.39 is 35.6 Å². The molecule has 0 unspecified atom stereocenters. The van der Waals surface area contributed by atoms with Crippen LogP contribution < -0.4 is 83.5 Å². The summed E-state index contributed by atoms with van der Waals surface area (Å²) in [5.41, 5.74) is 4.51. The number of benzene rings is 2. The van der Waals surface area contributed by atoms with Crippen molar-refractivity contribution in [1.82, 2.24) is 4.98 Å². The number of methoxy groups -OCH3 is 1. The number of nitrogens with zero attached hydrogens (tertiary/aromatic N) is 1.